The van der Waals surface area contributed by atoms with E-state index in [1.807, 2.05) is 0 Å². The third kappa shape index (κ3) is 3.60. The number of amides is 2. The predicted molar refractivity (Wildman–Crippen MR) is 111 cm³/mol. The van der Waals surface area contributed by atoms with Gasteiger partial charge in [-0.05, 0) is 41.5 Å². The second-order valence-corrected chi connectivity index (χ2v) is 9.90. The van der Waals surface area contributed by atoms with Crippen LogP contribution in [0.25, 0.3) is 0 Å². The van der Waals surface area contributed by atoms with E-state index in [1.165, 1.54) is 10.9 Å². The third-order valence-corrected chi connectivity index (χ3v) is 7.46. The van der Waals surface area contributed by atoms with E-state index in [1.54, 1.807) is 7.11 Å². The average Bonchev–Trinajstić information content (AvgIpc) is 3.44. The molecule has 9 nitrogen and oxygen atoms in total. The van der Waals surface area contributed by atoms with Crippen LogP contribution in [0, 0.1) is 0 Å². The molecule has 2 amide bonds. The molecule has 0 saturated heterocycles. The zero-order valence-corrected chi connectivity index (χ0v) is 17.9. The molecule has 0 fully saturated rings. The zero-order chi connectivity index (χ0) is 21.8. The van der Waals surface area contributed by atoms with Crippen LogP contribution in [0.15, 0.2) is 21.5 Å². The van der Waals surface area contributed by atoms with Crippen LogP contribution in [0.4, 0.5) is 14.9 Å². The van der Waals surface area contributed by atoms with E-state index < -0.39 is 22.1 Å². The standard InChI is InChI=1S/C20H24FN5O4S/c1-29-14-9-26-19(30-10-14)17(8-23-26)31(22,28)25-20(27)24-18-15-4-2-3-11(15)5-12-6-13(21)7-16(12)18/h5,8,13-14H,2-4,6-7,9-10H2,1H3,(H3,22,24,25,27,28)/t13-,14+,31?/m1/s1. The molecule has 31 heavy (non-hydrogen) atoms. The Bertz CT molecular complexity index is 1190. The number of rotatable bonds is 3. The summed E-state index contributed by atoms with van der Waals surface area (Å²) >= 11 is 0. The minimum absolute atomic E-state index is 0.0598. The molecule has 166 valence electrons. The molecule has 5 rings (SSSR count). The predicted octanol–water partition coefficient (Wildman–Crippen LogP) is 2.15. The van der Waals surface area contributed by atoms with Crippen LogP contribution in [-0.2, 0) is 46.9 Å². The Morgan fingerprint density at radius 3 is 3.03 bits per heavy atom. The number of methoxy groups -OCH3 is 1. The summed E-state index contributed by atoms with van der Waals surface area (Å²) in [5, 5.41) is 12.8. The number of benzene rings is 1. The van der Waals surface area contributed by atoms with E-state index in [9.17, 15) is 13.4 Å². The summed E-state index contributed by atoms with van der Waals surface area (Å²) < 4.78 is 43.3. The van der Waals surface area contributed by atoms with E-state index in [4.69, 9.17) is 14.6 Å². The summed E-state index contributed by atoms with van der Waals surface area (Å²) in [4.78, 5) is 12.8. The molecule has 0 saturated carbocycles. The molecule has 3 N–H and O–H groups in total. The van der Waals surface area contributed by atoms with Gasteiger partial charge < -0.3 is 14.8 Å². The van der Waals surface area contributed by atoms with Crippen molar-refractivity contribution in [3.63, 3.8) is 0 Å². The fourth-order valence-corrected chi connectivity index (χ4v) is 5.65. The lowest BCUT2D eigenvalue weighted by Crippen LogP contribution is -2.32. The lowest BCUT2D eigenvalue weighted by Gasteiger charge is -2.23. The van der Waals surface area contributed by atoms with Gasteiger partial charge in [0.25, 0.3) is 0 Å². The maximum absolute atomic E-state index is 14.1. The number of nitrogens with one attached hydrogen (secondary N) is 1. The van der Waals surface area contributed by atoms with Crippen molar-refractivity contribution in [3.05, 3.63) is 34.5 Å². The minimum Gasteiger partial charge on any atom is -0.474 e. The first kappa shape index (κ1) is 20.4. The van der Waals surface area contributed by atoms with Crippen molar-refractivity contribution in [2.45, 2.75) is 55.8 Å². The van der Waals surface area contributed by atoms with E-state index in [0.29, 0.717) is 18.7 Å². The van der Waals surface area contributed by atoms with Crippen LogP contribution in [-0.4, -0.2) is 46.0 Å². The smallest absolute Gasteiger partial charge is 0.354 e. The molecule has 1 unspecified atom stereocenters. The van der Waals surface area contributed by atoms with E-state index >= 15 is 0 Å². The molecule has 11 heteroatoms. The summed E-state index contributed by atoms with van der Waals surface area (Å²) in [6.07, 6.45) is 3.44. The van der Waals surface area contributed by atoms with Gasteiger partial charge in [-0.3, -0.25) is 0 Å². The van der Waals surface area contributed by atoms with Crippen LogP contribution in [0.3, 0.4) is 0 Å². The molecule has 1 aliphatic heterocycles. The van der Waals surface area contributed by atoms with Crippen molar-refractivity contribution in [3.8, 4) is 5.88 Å². The molecule has 2 heterocycles. The fraction of sp³-hybridized carbons (Fsp3) is 0.500. The summed E-state index contributed by atoms with van der Waals surface area (Å²) in [6.45, 7) is 0.670. The number of fused-ring (bicyclic) bond motifs is 3. The van der Waals surface area contributed by atoms with Crippen molar-refractivity contribution < 1.29 is 22.9 Å². The Kier molecular flexibility index (Phi) is 4.98. The highest BCUT2D eigenvalue weighted by molar-refractivity contribution is 7.91. The second-order valence-electron chi connectivity index (χ2n) is 8.14. The topological polar surface area (TPSA) is 121 Å². The van der Waals surface area contributed by atoms with Crippen molar-refractivity contribution in [1.29, 1.82) is 0 Å². The van der Waals surface area contributed by atoms with Crippen LogP contribution in [0.5, 0.6) is 5.88 Å². The van der Waals surface area contributed by atoms with E-state index in [2.05, 4.69) is 20.8 Å². The normalized spacial score (nSPS) is 23.3. The number of hydrogen-bond acceptors (Lipinski definition) is 5. The van der Waals surface area contributed by atoms with Crippen LogP contribution < -0.4 is 15.2 Å². The van der Waals surface area contributed by atoms with E-state index in [0.717, 1.165) is 41.5 Å². The zero-order valence-electron chi connectivity index (χ0n) is 17.1. The summed E-state index contributed by atoms with van der Waals surface area (Å²) in [6, 6.07) is 1.22. The molecule has 1 aromatic heterocycles. The minimum atomic E-state index is -3.60. The molecular formula is C20H24FN5O4S. The van der Waals surface area contributed by atoms with Gasteiger partial charge in [0.1, 0.15) is 23.8 Å². The van der Waals surface area contributed by atoms with Gasteiger partial charge in [0, 0.05) is 25.6 Å². The van der Waals surface area contributed by atoms with E-state index in [-0.39, 0.29) is 29.9 Å². The molecule has 2 aliphatic carbocycles. The lowest BCUT2D eigenvalue weighted by atomic mass is 9.99. The van der Waals surface area contributed by atoms with Crippen LogP contribution in [0.2, 0.25) is 0 Å². The number of nitrogens with two attached hydrogens (primary N) is 1. The number of carbonyl (C=O) groups is 1. The number of hydrogen-bond donors (Lipinski definition) is 2. The number of aryl methyl sites for hydroxylation is 1. The lowest BCUT2D eigenvalue weighted by molar-refractivity contribution is 0.0165. The summed E-state index contributed by atoms with van der Waals surface area (Å²) in [5.74, 6) is 0.221. The molecule has 2 aromatic rings. The highest BCUT2D eigenvalue weighted by atomic mass is 32.2. The molecule has 0 spiro atoms. The molecule has 0 radical (unpaired) electrons. The molecular weight excluding hydrogens is 425 g/mol. The monoisotopic (exact) mass is 449 g/mol. The molecule has 3 aliphatic rings. The number of aromatic nitrogens is 2. The maximum Gasteiger partial charge on any atom is 0.354 e. The highest BCUT2D eigenvalue weighted by Crippen LogP contribution is 2.39. The average molecular weight is 450 g/mol. The van der Waals surface area contributed by atoms with Crippen LogP contribution in [0.1, 0.15) is 28.7 Å². The van der Waals surface area contributed by atoms with Gasteiger partial charge in [0.2, 0.25) is 5.88 Å². The van der Waals surface area contributed by atoms with Crippen molar-refractivity contribution in [2.75, 3.05) is 19.0 Å². The molecule has 0 bridgehead atoms. The van der Waals surface area contributed by atoms with Crippen LogP contribution >= 0.6 is 0 Å². The first-order chi connectivity index (χ1) is 14.9. The quantitative estimate of drug-likeness (QED) is 0.744. The van der Waals surface area contributed by atoms with Gasteiger partial charge in [-0.2, -0.15) is 5.10 Å². The van der Waals surface area contributed by atoms with Gasteiger partial charge in [0.15, 0.2) is 9.92 Å². The van der Waals surface area contributed by atoms with Gasteiger partial charge in [0.05, 0.1) is 12.7 Å². The number of halogens is 1. The van der Waals surface area contributed by atoms with Gasteiger partial charge in [-0.25, -0.2) is 23.2 Å². The third-order valence-electron chi connectivity index (χ3n) is 6.11. The maximum atomic E-state index is 14.1. The van der Waals surface area contributed by atoms with Crippen molar-refractivity contribution >= 4 is 21.6 Å². The Labute approximate surface area is 179 Å². The number of carbonyl (C=O) groups excluding carboxylic acids is 1. The molecule has 1 aromatic carbocycles. The SMILES string of the molecule is CO[C@@H]1COc2c(S(N)(=O)=NC(=O)Nc3c4c(cc5c3C[C@H](F)C5)CCC4)cnn2C1. The highest BCUT2D eigenvalue weighted by Gasteiger charge is 2.31. The Morgan fingerprint density at radius 1 is 1.39 bits per heavy atom. The number of alkyl halides is 1. The van der Waals surface area contributed by atoms with Crippen molar-refractivity contribution in [2.24, 2.45) is 9.50 Å². The Balaban J connectivity index is 1.45. The number of urea groups is 1. The first-order valence-electron chi connectivity index (χ1n) is 10.2. The van der Waals surface area contributed by atoms with Gasteiger partial charge >= 0.3 is 6.03 Å². The largest absolute Gasteiger partial charge is 0.474 e. The Hall–Kier alpha value is -2.50. The van der Waals surface area contributed by atoms with Gasteiger partial charge in [-0.15, -0.1) is 4.36 Å². The fourth-order valence-electron chi connectivity index (χ4n) is 4.65. The number of nitrogens with zero attached hydrogens (tertiary/aromatic N) is 3. The summed E-state index contributed by atoms with van der Waals surface area (Å²) in [5.41, 5.74) is 4.46. The summed E-state index contributed by atoms with van der Waals surface area (Å²) in [7, 11) is -2.03. The van der Waals surface area contributed by atoms with Gasteiger partial charge in [-0.1, -0.05) is 6.07 Å². The molecule has 3 atom stereocenters. The number of anilines is 1. The van der Waals surface area contributed by atoms with Crippen molar-refractivity contribution in [1.82, 2.24) is 9.78 Å². The number of ether oxygens (including phenoxy) is 2. The first-order valence-corrected chi connectivity index (χ1v) is 11.8. The Morgan fingerprint density at radius 2 is 2.23 bits per heavy atom. The second kappa shape index (κ2) is 7.57.